The molecule has 2 aromatic heterocycles. The molecule has 0 aliphatic rings. The van der Waals surface area contributed by atoms with Crippen LogP contribution in [0.15, 0.2) is 27.4 Å². The first-order valence-corrected chi connectivity index (χ1v) is 6.76. The molecule has 9 heteroatoms. The molecule has 0 unspecified atom stereocenters. The highest BCUT2D eigenvalue weighted by Crippen LogP contribution is 2.31. The molecule has 0 saturated heterocycles. The van der Waals surface area contributed by atoms with Crippen molar-refractivity contribution in [3.8, 4) is 0 Å². The normalized spacial score (nSPS) is 10.7. The second kappa shape index (κ2) is 5.87. The third kappa shape index (κ3) is 3.05. The molecule has 0 atom stereocenters. The summed E-state index contributed by atoms with van der Waals surface area (Å²) in [5.74, 6) is -0.249. The average molecular weight is 295 g/mol. The predicted molar refractivity (Wildman–Crippen MR) is 72.8 cm³/mol. The van der Waals surface area contributed by atoms with E-state index in [1.807, 2.05) is 6.92 Å². The number of rotatable bonds is 5. The average Bonchev–Trinajstić information content (AvgIpc) is 2.71. The van der Waals surface area contributed by atoms with Crippen LogP contribution in [-0.4, -0.2) is 24.4 Å². The topological polar surface area (TPSA) is 107 Å². The Morgan fingerprint density at radius 3 is 2.95 bits per heavy atom. The van der Waals surface area contributed by atoms with Crippen molar-refractivity contribution in [3.63, 3.8) is 0 Å². The zero-order valence-corrected chi connectivity index (χ0v) is 11.8. The Labute approximate surface area is 118 Å². The maximum absolute atomic E-state index is 11.6. The van der Waals surface area contributed by atoms with Crippen molar-refractivity contribution < 1.29 is 4.92 Å². The Morgan fingerprint density at radius 2 is 2.30 bits per heavy atom. The number of H-pyrrole nitrogens is 1. The van der Waals surface area contributed by atoms with Gasteiger partial charge in [0.05, 0.1) is 0 Å². The molecule has 0 aliphatic heterocycles. The van der Waals surface area contributed by atoms with E-state index in [9.17, 15) is 14.9 Å². The number of aromatic amines is 1. The van der Waals surface area contributed by atoms with Gasteiger partial charge in [0.1, 0.15) is 0 Å². The Bertz CT molecular complexity index is 694. The minimum atomic E-state index is -0.559. The molecule has 106 valence electrons. The fourth-order valence-electron chi connectivity index (χ4n) is 1.66. The zero-order valence-electron chi connectivity index (χ0n) is 11.0. The van der Waals surface area contributed by atoms with Crippen LogP contribution in [0.2, 0.25) is 0 Å². The summed E-state index contributed by atoms with van der Waals surface area (Å²) in [5, 5.41) is 11.5. The smallest absolute Gasteiger partial charge is 0.358 e. The van der Waals surface area contributed by atoms with Crippen molar-refractivity contribution in [1.82, 2.24) is 19.5 Å². The molecule has 0 bridgehead atoms. The first kappa shape index (κ1) is 14.3. The number of nitrogens with one attached hydrogen (secondary N) is 1. The highest BCUT2D eigenvalue weighted by Gasteiger charge is 2.22. The molecule has 2 heterocycles. The monoisotopic (exact) mass is 295 g/mol. The fraction of sp³-hybridized carbons (Fsp3) is 0.364. The standard InChI is InChI=1S/C11H13N5O3S/c1-3-4-7-5-8(17)14-11(13-7)20-10-9(16(18)19)12-6-15(10)2/h5-6H,3-4H2,1-2H3,(H,13,14,17). The first-order valence-electron chi connectivity index (χ1n) is 5.95. The molecule has 20 heavy (non-hydrogen) atoms. The summed E-state index contributed by atoms with van der Waals surface area (Å²) in [6.45, 7) is 1.99. The van der Waals surface area contributed by atoms with Gasteiger partial charge < -0.3 is 19.7 Å². The van der Waals surface area contributed by atoms with Gasteiger partial charge in [-0.2, -0.15) is 0 Å². The molecule has 0 saturated carbocycles. The van der Waals surface area contributed by atoms with E-state index >= 15 is 0 Å². The van der Waals surface area contributed by atoms with Crippen molar-refractivity contribution >= 4 is 17.6 Å². The molecule has 0 aromatic carbocycles. The second-order valence-electron chi connectivity index (χ2n) is 4.14. The third-order valence-corrected chi connectivity index (χ3v) is 3.56. The quantitative estimate of drug-likeness (QED) is 0.509. The number of aromatic nitrogens is 4. The van der Waals surface area contributed by atoms with Crippen molar-refractivity contribution in [1.29, 1.82) is 0 Å². The predicted octanol–water partition coefficient (Wildman–Crippen LogP) is 1.52. The van der Waals surface area contributed by atoms with E-state index in [2.05, 4.69) is 15.0 Å². The van der Waals surface area contributed by atoms with Crippen molar-refractivity contribution in [3.05, 3.63) is 38.6 Å². The maximum atomic E-state index is 11.6. The van der Waals surface area contributed by atoms with E-state index < -0.39 is 4.92 Å². The molecule has 8 nitrogen and oxygen atoms in total. The Kier molecular flexibility index (Phi) is 4.18. The zero-order chi connectivity index (χ0) is 14.7. The molecule has 0 amide bonds. The van der Waals surface area contributed by atoms with Crippen LogP contribution in [0, 0.1) is 10.1 Å². The fourth-order valence-corrected chi connectivity index (χ4v) is 2.56. The molecule has 2 rings (SSSR count). The summed E-state index contributed by atoms with van der Waals surface area (Å²) < 4.78 is 1.52. The molecule has 0 aliphatic carbocycles. The lowest BCUT2D eigenvalue weighted by Crippen LogP contribution is -2.10. The van der Waals surface area contributed by atoms with Crippen LogP contribution in [0.25, 0.3) is 0 Å². The summed E-state index contributed by atoms with van der Waals surface area (Å²) in [7, 11) is 1.65. The van der Waals surface area contributed by atoms with Crippen LogP contribution in [0.1, 0.15) is 19.0 Å². The molecule has 1 N–H and O–H groups in total. The molecule has 2 aromatic rings. The van der Waals surface area contributed by atoms with Crippen LogP contribution in [0.3, 0.4) is 0 Å². The lowest BCUT2D eigenvalue weighted by molar-refractivity contribution is -0.392. The number of nitrogens with zero attached hydrogens (tertiary/aromatic N) is 4. The molecule has 0 fully saturated rings. The van der Waals surface area contributed by atoms with Crippen LogP contribution in [-0.2, 0) is 13.5 Å². The summed E-state index contributed by atoms with van der Waals surface area (Å²) in [6, 6.07) is 1.44. The van der Waals surface area contributed by atoms with Crippen molar-refractivity contribution in [2.45, 2.75) is 29.9 Å². The minimum absolute atomic E-state index is 0.249. The van der Waals surface area contributed by atoms with E-state index in [0.717, 1.165) is 18.2 Å². The highest BCUT2D eigenvalue weighted by molar-refractivity contribution is 7.99. The van der Waals surface area contributed by atoms with Crippen LogP contribution in [0.5, 0.6) is 0 Å². The van der Waals surface area contributed by atoms with E-state index in [1.165, 1.54) is 17.0 Å². The lowest BCUT2D eigenvalue weighted by Gasteiger charge is -2.03. The number of hydrogen-bond acceptors (Lipinski definition) is 6. The first-order chi connectivity index (χ1) is 9.51. The van der Waals surface area contributed by atoms with Gasteiger partial charge in [0.25, 0.3) is 5.56 Å². The number of nitro groups is 1. The summed E-state index contributed by atoms with van der Waals surface area (Å²) in [4.78, 5) is 32.4. The summed E-state index contributed by atoms with van der Waals surface area (Å²) in [6.07, 6.45) is 2.91. The number of hydrogen-bond donors (Lipinski definition) is 1. The van der Waals surface area contributed by atoms with Gasteiger partial charge in [0, 0.05) is 18.8 Å². The van der Waals surface area contributed by atoms with Gasteiger partial charge in [-0.15, -0.1) is 0 Å². The second-order valence-corrected chi connectivity index (χ2v) is 5.11. The lowest BCUT2D eigenvalue weighted by atomic mass is 10.2. The van der Waals surface area contributed by atoms with Crippen LogP contribution < -0.4 is 5.56 Å². The van der Waals surface area contributed by atoms with Gasteiger partial charge in [-0.1, -0.05) is 13.3 Å². The van der Waals surface area contributed by atoms with E-state index in [0.29, 0.717) is 22.3 Å². The number of imidazole rings is 1. The SMILES string of the molecule is CCCc1cc(=O)[nH]c(Sc2c([N+](=O)[O-])ncn2C)n1. The molecule has 0 spiro atoms. The molecular weight excluding hydrogens is 282 g/mol. The van der Waals surface area contributed by atoms with Crippen LogP contribution >= 0.6 is 11.8 Å². The van der Waals surface area contributed by atoms with Crippen LogP contribution in [0.4, 0.5) is 5.82 Å². The molecule has 0 radical (unpaired) electrons. The van der Waals surface area contributed by atoms with E-state index in [-0.39, 0.29) is 11.4 Å². The summed E-state index contributed by atoms with van der Waals surface area (Å²) in [5.41, 5.74) is 0.402. The maximum Gasteiger partial charge on any atom is 0.396 e. The van der Waals surface area contributed by atoms with Crippen molar-refractivity contribution in [2.75, 3.05) is 0 Å². The van der Waals surface area contributed by atoms with Gasteiger partial charge in [0.2, 0.25) is 6.33 Å². The van der Waals surface area contributed by atoms with Gasteiger partial charge >= 0.3 is 5.82 Å². The highest BCUT2D eigenvalue weighted by atomic mass is 32.2. The summed E-state index contributed by atoms with van der Waals surface area (Å²) >= 11 is 1.02. The number of aryl methyl sites for hydroxylation is 2. The Morgan fingerprint density at radius 1 is 1.55 bits per heavy atom. The van der Waals surface area contributed by atoms with Crippen molar-refractivity contribution in [2.24, 2.45) is 7.05 Å². The minimum Gasteiger partial charge on any atom is -0.358 e. The molecular formula is C11H13N5O3S. The van der Waals surface area contributed by atoms with E-state index in [4.69, 9.17) is 0 Å². The van der Waals surface area contributed by atoms with Gasteiger partial charge in [-0.25, -0.2) is 4.98 Å². The third-order valence-electron chi connectivity index (χ3n) is 2.51. The van der Waals surface area contributed by atoms with E-state index in [1.54, 1.807) is 7.05 Å². The Hall–Kier alpha value is -2.16. The Balaban J connectivity index is 2.37. The largest absolute Gasteiger partial charge is 0.396 e. The van der Waals surface area contributed by atoms with Gasteiger partial charge in [-0.3, -0.25) is 4.79 Å². The van der Waals surface area contributed by atoms with Gasteiger partial charge in [-0.05, 0) is 28.1 Å². The van der Waals surface area contributed by atoms with Gasteiger partial charge in [0.15, 0.2) is 10.2 Å².